The van der Waals surface area contributed by atoms with Crippen LogP contribution in [0.15, 0.2) is 27.8 Å². The van der Waals surface area contributed by atoms with Crippen LogP contribution in [0.5, 0.6) is 0 Å². The van der Waals surface area contributed by atoms with Crippen LogP contribution in [-0.4, -0.2) is 11.6 Å². The number of carbonyl (C=O) groups excluding carboxylic acids is 1. The van der Waals surface area contributed by atoms with Gasteiger partial charge in [0.05, 0.1) is 5.71 Å². The van der Waals surface area contributed by atoms with Crippen molar-refractivity contribution in [3.8, 4) is 0 Å². The van der Waals surface area contributed by atoms with Crippen LogP contribution < -0.4 is 5.43 Å². The molecule has 1 atom stereocenters. The number of nitrogens with zero attached hydrogens (tertiary/aromatic N) is 1. The summed E-state index contributed by atoms with van der Waals surface area (Å²) < 4.78 is 0.929. The van der Waals surface area contributed by atoms with E-state index >= 15 is 0 Å². The number of allylic oxidation sites excluding steroid dienone is 3. The topological polar surface area (TPSA) is 41.5 Å². The number of fused-ring (bicyclic) bond motifs is 1. The molecule has 0 bridgehead atoms. The van der Waals surface area contributed by atoms with E-state index in [9.17, 15) is 4.79 Å². The zero-order valence-electron chi connectivity index (χ0n) is 5.54. The Labute approximate surface area is 72.0 Å². The van der Waals surface area contributed by atoms with Gasteiger partial charge in [0.2, 0.25) is 0 Å². The highest BCUT2D eigenvalue weighted by molar-refractivity contribution is 9.11. The third kappa shape index (κ3) is 1.03. The number of hydrazone groups is 1. The molecule has 0 aromatic rings. The van der Waals surface area contributed by atoms with Gasteiger partial charge >= 0.3 is 0 Å². The maximum atomic E-state index is 11.0. The molecular formula is C7H5BrN2O. The molecule has 0 saturated heterocycles. The monoisotopic (exact) mass is 212 g/mol. The molecule has 4 heteroatoms. The summed E-state index contributed by atoms with van der Waals surface area (Å²) in [6, 6.07) is 0. The van der Waals surface area contributed by atoms with Crippen LogP contribution in [0.4, 0.5) is 0 Å². The highest BCUT2D eigenvalue weighted by atomic mass is 79.9. The van der Waals surface area contributed by atoms with Crippen molar-refractivity contribution < 1.29 is 4.79 Å². The Hall–Kier alpha value is -0.900. The van der Waals surface area contributed by atoms with Crippen molar-refractivity contribution in [2.24, 2.45) is 11.0 Å². The van der Waals surface area contributed by atoms with Crippen LogP contribution in [-0.2, 0) is 4.79 Å². The molecule has 1 heterocycles. The fraction of sp³-hybridized carbons (Fsp3) is 0.143. The van der Waals surface area contributed by atoms with E-state index in [1.165, 1.54) is 0 Å². The van der Waals surface area contributed by atoms with Crippen LogP contribution >= 0.6 is 15.9 Å². The quantitative estimate of drug-likeness (QED) is 0.639. The highest BCUT2D eigenvalue weighted by Gasteiger charge is 2.27. The van der Waals surface area contributed by atoms with Gasteiger partial charge in [-0.05, 0) is 12.2 Å². The summed E-state index contributed by atoms with van der Waals surface area (Å²) in [6.07, 6.45) is 5.53. The molecule has 0 aromatic heterocycles. The van der Waals surface area contributed by atoms with Gasteiger partial charge in [-0.3, -0.25) is 4.79 Å². The molecule has 0 aromatic carbocycles. The van der Waals surface area contributed by atoms with Gasteiger partial charge in [-0.2, -0.15) is 5.10 Å². The van der Waals surface area contributed by atoms with Crippen LogP contribution in [0.2, 0.25) is 0 Å². The van der Waals surface area contributed by atoms with Crippen molar-refractivity contribution in [1.82, 2.24) is 5.43 Å². The Morgan fingerprint density at radius 1 is 1.55 bits per heavy atom. The highest BCUT2D eigenvalue weighted by Crippen LogP contribution is 2.21. The summed E-state index contributed by atoms with van der Waals surface area (Å²) in [5.41, 5.74) is 3.20. The SMILES string of the molecule is O=C1NN=C2C=CC(Br)=CC12. The third-order valence-electron chi connectivity index (χ3n) is 1.64. The summed E-state index contributed by atoms with van der Waals surface area (Å²) in [4.78, 5) is 11.0. The first-order chi connectivity index (χ1) is 5.27. The van der Waals surface area contributed by atoms with Gasteiger partial charge in [-0.1, -0.05) is 22.0 Å². The third-order valence-corrected chi connectivity index (χ3v) is 2.16. The molecule has 0 saturated carbocycles. The molecule has 2 rings (SSSR count). The van der Waals surface area contributed by atoms with E-state index in [0.29, 0.717) is 0 Å². The van der Waals surface area contributed by atoms with Crippen LogP contribution in [0, 0.1) is 5.92 Å². The van der Waals surface area contributed by atoms with Gasteiger partial charge in [-0.15, -0.1) is 0 Å². The normalized spacial score (nSPS) is 27.4. The standard InChI is InChI=1S/C7H5BrN2O/c8-4-1-2-6-5(3-4)7(11)10-9-6/h1-3,5H,(H,10,11). The Bertz CT molecular complexity index is 304. The molecule has 11 heavy (non-hydrogen) atoms. The van der Waals surface area contributed by atoms with Crippen molar-refractivity contribution in [3.63, 3.8) is 0 Å². The summed E-state index contributed by atoms with van der Waals surface area (Å²) in [7, 11) is 0. The minimum Gasteiger partial charge on any atom is -0.272 e. The molecule has 3 nitrogen and oxygen atoms in total. The minimum atomic E-state index is -0.186. The van der Waals surface area contributed by atoms with Crippen molar-refractivity contribution in [2.45, 2.75) is 0 Å². The van der Waals surface area contributed by atoms with Gasteiger partial charge in [-0.25, -0.2) is 5.43 Å². The van der Waals surface area contributed by atoms with Gasteiger partial charge in [0.1, 0.15) is 5.92 Å². The molecule has 1 unspecified atom stereocenters. The average molecular weight is 213 g/mol. The second kappa shape index (κ2) is 2.30. The number of carbonyl (C=O) groups is 1. The molecule has 1 aliphatic carbocycles. The van der Waals surface area contributed by atoms with Gasteiger partial charge in [0, 0.05) is 4.48 Å². The molecule has 0 fully saturated rings. The molecule has 0 radical (unpaired) electrons. The van der Waals surface area contributed by atoms with Gasteiger partial charge < -0.3 is 0 Å². The zero-order chi connectivity index (χ0) is 7.84. The Balaban J connectivity index is 2.39. The lowest BCUT2D eigenvalue weighted by atomic mass is 9.99. The Morgan fingerprint density at radius 3 is 3.18 bits per heavy atom. The fourth-order valence-corrected chi connectivity index (χ4v) is 1.47. The Kier molecular flexibility index (Phi) is 1.42. The fourth-order valence-electron chi connectivity index (χ4n) is 1.07. The zero-order valence-corrected chi connectivity index (χ0v) is 7.13. The van der Waals surface area contributed by atoms with E-state index < -0.39 is 0 Å². The molecular weight excluding hydrogens is 208 g/mol. The lowest BCUT2D eigenvalue weighted by molar-refractivity contribution is -0.121. The molecule has 1 amide bonds. The van der Waals surface area contributed by atoms with E-state index in [1.807, 2.05) is 18.2 Å². The number of nitrogens with one attached hydrogen (secondary N) is 1. The number of halogens is 1. The first-order valence-corrected chi connectivity index (χ1v) is 3.99. The summed E-state index contributed by atoms with van der Waals surface area (Å²) in [5, 5.41) is 3.84. The van der Waals surface area contributed by atoms with E-state index in [-0.39, 0.29) is 11.8 Å². The van der Waals surface area contributed by atoms with Crippen molar-refractivity contribution in [2.75, 3.05) is 0 Å². The number of hydrogen-bond donors (Lipinski definition) is 1. The lowest BCUT2D eigenvalue weighted by Crippen LogP contribution is -2.21. The number of hydrogen-bond acceptors (Lipinski definition) is 2. The van der Waals surface area contributed by atoms with Crippen molar-refractivity contribution in [3.05, 3.63) is 22.7 Å². The lowest BCUT2D eigenvalue weighted by Gasteiger charge is -2.05. The molecule has 0 spiro atoms. The van der Waals surface area contributed by atoms with Gasteiger partial charge in [0.15, 0.2) is 0 Å². The minimum absolute atomic E-state index is 0.0544. The summed E-state index contributed by atoms with van der Waals surface area (Å²) in [6.45, 7) is 0. The first-order valence-electron chi connectivity index (χ1n) is 3.20. The number of amides is 1. The average Bonchev–Trinajstić information content (AvgIpc) is 2.33. The van der Waals surface area contributed by atoms with Crippen LogP contribution in [0.3, 0.4) is 0 Å². The maximum Gasteiger partial charge on any atom is 0.253 e. The van der Waals surface area contributed by atoms with Crippen LogP contribution in [0.25, 0.3) is 0 Å². The van der Waals surface area contributed by atoms with Crippen LogP contribution in [0.1, 0.15) is 0 Å². The van der Waals surface area contributed by atoms with Crippen molar-refractivity contribution >= 4 is 27.5 Å². The first kappa shape index (κ1) is 6.79. The Morgan fingerprint density at radius 2 is 2.36 bits per heavy atom. The second-order valence-electron chi connectivity index (χ2n) is 2.38. The van der Waals surface area contributed by atoms with E-state index in [1.54, 1.807) is 0 Å². The summed E-state index contributed by atoms with van der Waals surface area (Å²) >= 11 is 3.29. The van der Waals surface area contributed by atoms with E-state index in [0.717, 1.165) is 10.2 Å². The molecule has 56 valence electrons. The summed E-state index contributed by atoms with van der Waals surface area (Å²) in [5.74, 6) is -0.240. The molecule has 1 N–H and O–H groups in total. The molecule has 2 aliphatic rings. The second-order valence-corrected chi connectivity index (χ2v) is 3.29. The van der Waals surface area contributed by atoms with E-state index in [2.05, 4.69) is 26.5 Å². The van der Waals surface area contributed by atoms with Gasteiger partial charge in [0.25, 0.3) is 5.91 Å². The predicted molar refractivity (Wildman–Crippen MR) is 45.2 cm³/mol. The largest absolute Gasteiger partial charge is 0.272 e. The predicted octanol–water partition coefficient (Wildman–Crippen LogP) is 0.937. The smallest absolute Gasteiger partial charge is 0.253 e. The van der Waals surface area contributed by atoms with E-state index in [4.69, 9.17) is 0 Å². The van der Waals surface area contributed by atoms with Crippen molar-refractivity contribution in [1.29, 1.82) is 0 Å². The molecule has 1 aliphatic heterocycles. The maximum absolute atomic E-state index is 11.0. The number of rotatable bonds is 0.